The predicted molar refractivity (Wildman–Crippen MR) is 49.4 cm³/mol. The van der Waals surface area contributed by atoms with Crippen LogP contribution in [0.4, 0.5) is 5.69 Å². The zero-order valence-electron chi connectivity index (χ0n) is 7.32. The van der Waals surface area contributed by atoms with Crippen molar-refractivity contribution < 1.29 is 20.0 Å². The summed E-state index contributed by atoms with van der Waals surface area (Å²) in [6.45, 7) is 0. The van der Waals surface area contributed by atoms with E-state index in [0.717, 1.165) is 6.07 Å². The van der Waals surface area contributed by atoms with E-state index in [-0.39, 0.29) is 5.56 Å². The minimum absolute atomic E-state index is 0.290. The Hall–Kier alpha value is -2.44. The lowest BCUT2D eigenvalue weighted by Gasteiger charge is -1.99. The summed E-state index contributed by atoms with van der Waals surface area (Å²) in [7, 11) is 0. The van der Waals surface area contributed by atoms with Crippen LogP contribution in [0.2, 0.25) is 0 Å². The first kappa shape index (κ1) is 10.6. The van der Waals surface area contributed by atoms with Crippen molar-refractivity contribution in [1.29, 1.82) is 0 Å². The zero-order chi connectivity index (χ0) is 11.4. The van der Waals surface area contributed by atoms with E-state index in [9.17, 15) is 20.0 Å². The van der Waals surface area contributed by atoms with Crippen molar-refractivity contribution in [2.75, 3.05) is 0 Å². The van der Waals surface area contributed by atoms with Crippen LogP contribution in [0.1, 0.15) is 10.4 Å². The summed E-state index contributed by atoms with van der Waals surface area (Å²) >= 11 is 0. The Morgan fingerprint density at radius 2 is 2.20 bits per heavy atom. The molecule has 7 nitrogen and oxygen atoms in total. The van der Waals surface area contributed by atoms with Crippen molar-refractivity contribution >= 4 is 17.7 Å². The fourth-order valence-corrected chi connectivity index (χ4v) is 0.999. The number of nitro groups is 1. The number of benzene rings is 1. The summed E-state index contributed by atoms with van der Waals surface area (Å²) < 4.78 is 0. The van der Waals surface area contributed by atoms with Gasteiger partial charge in [0, 0.05) is 6.07 Å². The molecule has 0 saturated heterocycles. The molecular weight excluding hydrogens is 204 g/mol. The van der Waals surface area contributed by atoms with Crippen LogP contribution < -0.4 is 0 Å². The predicted octanol–water partition coefficient (Wildman–Crippen LogP) is 0.943. The Kier molecular flexibility index (Phi) is 2.97. The van der Waals surface area contributed by atoms with E-state index in [1.165, 1.54) is 12.1 Å². The molecule has 0 aliphatic carbocycles. The summed E-state index contributed by atoms with van der Waals surface area (Å²) in [6.07, 6.45) is 0.540. The van der Waals surface area contributed by atoms with Gasteiger partial charge in [0.15, 0.2) is 0 Å². The number of phenols is 1. The van der Waals surface area contributed by atoms with Crippen LogP contribution in [0, 0.1) is 10.1 Å². The highest BCUT2D eigenvalue weighted by atomic mass is 16.6. The summed E-state index contributed by atoms with van der Waals surface area (Å²) in [5.74, 6) is -1.56. The molecule has 0 aliphatic rings. The largest absolute Gasteiger partial charge is 0.502 e. The highest BCUT2D eigenvalue weighted by Crippen LogP contribution is 2.29. The van der Waals surface area contributed by atoms with Gasteiger partial charge in [-0.3, -0.25) is 14.9 Å². The highest BCUT2D eigenvalue weighted by molar-refractivity contribution is 6.36. The van der Waals surface area contributed by atoms with Crippen LogP contribution in [0.25, 0.3) is 0 Å². The third-order valence-corrected chi connectivity index (χ3v) is 1.65. The molecule has 0 radical (unpaired) electrons. The molecule has 0 aromatic heterocycles. The standard InChI is InChI=1S/C8H6N2O5/c11-7(4-9-13)5-2-1-3-6(8(5)12)10(14)15/h1-4,12-13H. The third-order valence-electron chi connectivity index (χ3n) is 1.65. The van der Waals surface area contributed by atoms with Gasteiger partial charge < -0.3 is 10.3 Å². The quantitative estimate of drug-likeness (QED) is 0.253. The smallest absolute Gasteiger partial charge is 0.311 e. The normalized spacial score (nSPS) is 10.4. The molecule has 1 rings (SSSR count). The van der Waals surface area contributed by atoms with Gasteiger partial charge in [-0.15, -0.1) is 0 Å². The Bertz CT molecular complexity index is 441. The van der Waals surface area contributed by atoms with Gasteiger partial charge >= 0.3 is 5.69 Å². The lowest BCUT2D eigenvalue weighted by Crippen LogP contribution is -2.02. The molecule has 1 aromatic rings. The number of Topliss-reactive ketones (excluding diaryl/α,β-unsaturated/α-hetero) is 1. The Balaban J connectivity index is 3.27. The number of ketones is 1. The SMILES string of the molecule is O=C(C=NO)c1cccc([N+](=O)[O-])c1O. The number of rotatable bonds is 3. The van der Waals surface area contributed by atoms with Gasteiger partial charge in [0.1, 0.15) is 6.21 Å². The van der Waals surface area contributed by atoms with E-state index in [4.69, 9.17) is 5.21 Å². The summed E-state index contributed by atoms with van der Waals surface area (Å²) in [5.41, 5.74) is -0.866. The minimum atomic E-state index is -0.821. The molecule has 2 N–H and O–H groups in total. The molecule has 0 amide bonds. The first-order valence-corrected chi connectivity index (χ1v) is 3.76. The molecule has 1 aromatic carbocycles. The van der Waals surface area contributed by atoms with E-state index in [1.54, 1.807) is 0 Å². The van der Waals surface area contributed by atoms with Crippen LogP contribution in [0.15, 0.2) is 23.4 Å². The van der Waals surface area contributed by atoms with Gasteiger partial charge in [-0.25, -0.2) is 0 Å². The van der Waals surface area contributed by atoms with Gasteiger partial charge in [0.2, 0.25) is 11.5 Å². The monoisotopic (exact) mass is 210 g/mol. The molecule has 7 heteroatoms. The number of nitro benzene ring substituents is 1. The van der Waals surface area contributed by atoms with Crippen LogP contribution in [-0.2, 0) is 0 Å². The topological polar surface area (TPSA) is 113 Å². The highest BCUT2D eigenvalue weighted by Gasteiger charge is 2.19. The van der Waals surface area contributed by atoms with E-state index in [0.29, 0.717) is 6.21 Å². The Morgan fingerprint density at radius 3 is 2.73 bits per heavy atom. The van der Waals surface area contributed by atoms with E-state index in [1.807, 2.05) is 0 Å². The zero-order valence-corrected chi connectivity index (χ0v) is 7.32. The minimum Gasteiger partial charge on any atom is -0.502 e. The second-order valence-electron chi connectivity index (χ2n) is 2.54. The number of hydrogen-bond acceptors (Lipinski definition) is 6. The van der Waals surface area contributed by atoms with Gasteiger partial charge in [-0.1, -0.05) is 11.2 Å². The van der Waals surface area contributed by atoms with Crippen LogP contribution in [-0.4, -0.2) is 27.2 Å². The summed E-state index contributed by atoms with van der Waals surface area (Å²) in [5, 5.41) is 30.3. The molecule has 15 heavy (non-hydrogen) atoms. The van der Waals surface area contributed by atoms with Gasteiger partial charge in [-0.05, 0) is 6.07 Å². The van der Waals surface area contributed by atoms with Gasteiger partial charge in [0.25, 0.3) is 0 Å². The second kappa shape index (κ2) is 4.18. The average molecular weight is 210 g/mol. The van der Waals surface area contributed by atoms with Crippen molar-refractivity contribution in [3.05, 3.63) is 33.9 Å². The summed E-state index contributed by atoms with van der Waals surface area (Å²) in [4.78, 5) is 20.7. The van der Waals surface area contributed by atoms with Crippen LogP contribution >= 0.6 is 0 Å². The molecular formula is C8H6N2O5. The Morgan fingerprint density at radius 1 is 1.53 bits per heavy atom. The molecule has 78 valence electrons. The number of carbonyl (C=O) groups is 1. The first-order valence-electron chi connectivity index (χ1n) is 3.76. The van der Waals surface area contributed by atoms with E-state index in [2.05, 4.69) is 5.16 Å². The number of para-hydroxylation sites is 1. The number of oxime groups is 1. The van der Waals surface area contributed by atoms with E-state index < -0.39 is 22.1 Å². The Labute approximate surface area is 83.4 Å². The molecule has 0 fully saturated rings. The van der Waals surface area contributed by atoms with E-state index >= 15 is 0 Å². The van der Waals surface area contributed by atoms with Crippen LogP contribution in [0.3, 0.4) is 0 Å². The van der Waals surface area contributed by atoms with Crippen molar-refractivity contribution in [1.82, 2.24) is 0 Å². The fourth-order valence-electron chi connectivity index (χ4n) is 0.999. The fraction of sp³-hybridized carbons (Fsp3) is 0. The molecule has 0 unspecified atom stereocenters. The van der Waals surface area contributed by atoms with Crippen molar-refractivity contribution in [3.8, 4) is 5.75 Å². The average Bonchev–Trinajstić information content (AvgIpc) is 2.17. The maximum Gasteiger partial charge on any atom is 0.311 e. The number of aromatic hydroxyl groups is 1. The van der Waals surface area contributed by atoms with Crippen molar-refractivity contribution in [3.63, 3.8) is 0 Å². The number of phenolic OH excluding ortho intramolecular Hbond substituents is 1. The van der Waals surface area contributed by atoms with Crippen molar-refractivity contribution in [2.24, 2.45) is 5.16 Å². The lowest BCUT2D eigenvalue weighted by atomic mass is 10.1. The maximum atomic E-state index is 11.1. The number of nitrogens with zero attached hydrogens (tertiary/aromatic N) is 2. The molecule has 0 atom stereocenters. The molecule has 0 spiro atoms. The van der Waals surface area contributed by atoms with Gasteiger partial charge in [-0.2, -0.15) is 0 Å². The molecule has 0 heterocycles. The first-order chi connectivity index (χ1) is 7.07. The molecule has 0 saturated carbocycles. The third kappa shape index (κ3) is 2.08. The second-order valence-corrected chi connectivity index (χ2v) is 2.54. The lowest BCUT2D eigenvalue weighted by molar-refractivity contribution is -0.385. The molecule has 0 bridgehead atoms. The maximum absolute atomic E-state index is 11.1. The number of carbonyl (C=O) groups excluding carboxylic acids is 1. The summed E-state index contributed by atoms with van der Waals surface area (Å²) in [6, 6.07) is 3.49. The number of hydrogen-bond donors (Lipinski definition) is 2. The molecule has 0 aliphatic heterocycles. The van der Waals surface area contributed by atoms with Crippen LogP contribution in [0.5, 0.6) is 5.75 Å². The van der Waals surface area contributed by atoms with Crippen molar-refractivity contribution in [2.45, 2.75) is 0 Å². The van der Waals surface area contributed by atoms with Gasteiger partial charge in [0.05, 0.1) is 10.5 Å².